The minimum absolute atomic E-state index is 0.0291. The minimum Gasteiger partial charge on any atom is -0.508 e. The largest absolute Gasteiger partial charge is 0.508 e. The van der Waals surface area contributed by atoms with Crippen LogP contribution in [0.1, 0.15) is 73.5 Å². The summed E-state index contributed by atoms with van der Waals surface area (Å²) in [5, 5.41) is 23.0. The highest BCUT2D eigenvalue weighted by Gasteiger charge is 2.53. The van der Waals surface area contributed by atoms with E-state index in [9.17, 15) is 24.6 Å². The van der Waals surface area contributed by atoms with Gasteiger partial charge in [-0.05, 0) is 76.1 Å². The number of phenols is 2. The summed E-state index contributed by atoms with van der Waals surface area (Å²) in [7, 11) is 0. The van der Waals surface area contributed by atoms with Gasteiger partial charge in [0.25, 0.3) is 0 Å². The third-order valence-electron chi connectivity index (χ3n) is 7.21. The third kappa shape index (κ3) is 5.57. The molecule has 2 amide bonds. The van der Waals surface area contributed by atoms with Crippen molar-refractivity contribution in [1.29, 1.82) is 0 Å². The van der Waals surface area contributed by atoms with Gasteiger partial charge in [-0.15, -0.1) is 0 Å². The van der Waals surface area contributed by atoms with Gasteiger partial charge in [-0.2, -0.15) is 0 Å². The number of alkyl carbamates (subject to hydrolysis) is 1. The Bertz CT molecular complexity index is 1480. The molecule has 3 aromatic rings. The molecule has 0 fully saturated rings. The van der Waals surface area contributed by atoms with Crippen LogP contribution in [-0.4, -0.2) is 47.4 Å². The van der Waals surface area contributed by atoms with Crippen LogP contribution >= 0.6 is 0 Å². The number of nitrogens with one attached hydrogen (secondary N) is 1. The summed E-state index contributed by atoms with van der Waals surface area (Å²) in [6.45, 7) is 6.42. The minimum atomic E-state index is -1.40. The van der Waals surface area contributed by atoms with E-state index in [1.807, 2.05) is 20.8 Å². The molecular formula is C32H34N2O8. The lowest BCUT2D eigenvalue weighted by Gasteiger charge is -2.36. The summed E-state index contributed by atoms with van der Waals surface area (Å²) < 4.78 is 17.3. The third-order valence-corrected chi connectivity index (χ3v) is 7.21. The number of amides is 2. The van der Waals surface area contributed by atoms with Crippen molar-refractivity contribution >= 4 is 24.2 Å². The summed E-state index contributed by atoms with van der Waals surface area (Å²) in [6, 6.07) is 14.3. The van der Waals surface area contributed by atoms with Crippen molar-refractivity contribution in [1.82, 2.24) is 5.32 Å². The molecule has 0 atom stereocenters. The molecule has 10 heteroatoms. The van der Waals surface area contributed by atoms with Gasteiger partial charge in [-0.25, -0.2) is 9.59 Å². The average molecular weight is 575 g/mol. The van der Waals surface area contributed by atoms with Gasteiger partial charge < -0.3 is 34.6 Å². The number of ether oxygens (including phenoxy) is 3. The number of rotatable bonds is 9. The molecule has 220 valence electrons. The Kier molecular flexibility index (Phi) is 7.73. The first-order valence-corrected chi connectivity index (χ1v) is 13.9. The number of benzene rings is 3. The first kappa shape index (κ1) is 28.8. The maximum atomic E-state index is 13.2. The van der Waals surface area contributed by atoms with E-state index < -0.39 is 23.3 Å². The molecule has 1 spiro atoms. The lowest BCUT2D eigenvalue weighted by Crippen LogP contribution is -2.33. The Hall–Kier alpha value is -4.73. The molecule has 0 saturated heterocycles. The molecule has 2 aliphatic rings. The number of fused-ring (bicyclic) bond motifs is 6. The maximum absolute atomic E-state index is 13.2. The van der Waals surface area contributed by atoms with Crippen molar-refractivity contribution in [3.8, 4) is 23.0 Å². The number of carbonyl (C=O) groups is 3. The highest BCUT2D eigenvalue weighted by molar-refractivity contribution is 5.98. The second-order valence-electron chi connectivity index (χ2n) is 11.4. The molecule has 0 bridgehead atoms. The zero-order valence-electron chi connectivity index (χ0n) is 23.8. The lowest BCUT2D eigenvalue weighted by molar-refractivity contribution is -0.107. The molecule has 3 aromatic carbocycles. The zero-order chi connectivity index (χ0) is 30.1. The second-order valence-corrected chi connectivity index (χ2v) is 11.4. The van der Waals surface area contributed by atoms with Crippen molar-refractivity contribution in [3.05, 3.63) is 76.9 Å². The van der Waals surface area contributed by atoms with E-state index in [0.29, 0.717) is 41.0 Å². The van der Waals surface area contributed by atoms with Crippen molar-refractivity contribution in [2.75, 3.05) is 18.0 Å². The van der Waals surface area contributed by atoms with Gasteiger partial charge >= 0.3 is 12.1 Å². The van der Waals surface area contributed by atoms with Gasteiger partial charge in [0, 0.05) is 47.6 Å². The molecule has 0 saturated carbocycles. The lowest BCUT2D eigenvalue weighted by atomic mass is 9.77. The van der Waals surface area contributed by atoms with E-state index in [2.05, 4.69) is 5.32 Å². The van der Waals surface area contributed by atoms with E-state index in [1.165, 1.54) is 24.3 Å². The normalized spacial score (nSPS) is 14.2. The molecule has 0 radical (unpaired) electrons. The van der Waals surface area contributed by atoms with Crippen molar-refractivity contribution < 1.29 is 38.8 Å². The first-order valence-electron chi connectivity index (χ1n) is 13.9. The monoisotopic (exact) mass is 574 g/mol. The molecule has 3 N–H and O–H groups in total. The van der Waals surface area contributed by atoms with E-state index in [-0.39, 0.29) is 23.0 Å². The number of aromatic hydroxyl groups is 2. The highest BCUT2D eigenvalue weighted by Crippen LogP contribution is 2.57. The summed E-state index contributed by atoms with van der Waals surface area (Å²) in [5.41, 5.74) is 0.570. The molecule has 2 aliphatic heterocycles. The van der Waals surface area contributed by atoms with Gasteiger partial charge in [-0.1, -0.05) is 12.8 Å². The fraction of sp³-hybridized carbons (Fsp3) is 0.344. The van der Waals surface area contributed by atoms with Gasteiger partial charge in [-0.3, -0.25) is 4.79 Å². The van der Waals surface area contributed by atoms with Crippen molar-refractivity contribution in [2.45, 2.75) is 57.7 Å². The number of phenolic OH excluding ortho intramolecular Hbond substituents is 2. The van der Waals surface area contributed by atoms with Crippen molar-refractivity contribution in [2.24, 2.45) is 0 Å². The number of esters is 1. The molecule has 42 heavy (non-hydrogen) atoms. The molecule has 2 heterocycles. The van der Waals surface area contributed by atoms with Gasteiger partial charge in [0.15, 0.2) is 5.60 Å². The highest BCUT2D eigenvalue weighted by atomic mass is 16.6. The van der Waals surface area contributed by atoms with Gasteiger partial charge in [0.2, 0.25) is 6.41 Å². The summed E-state index contributed by atoms with van der Waals surface area (Å²) in [6.07, 6.45) is 3.56. The van der Waals surface area contributed by atoms with Crippen LogP contribution in [0, 0.1) is 0 Å². The number of unbranched alkanes of at least 4 members (excludes halogenated alkanes) is 3. The molecule has 0 aliphatic carbocycles. The van der Waals surface area contributed by atoms with Gasteiger partial charge in [0.1, 0.15) is 28.6 Å². The Labute approximate surface area is 243 Å². The fourth-order valence-electron chi connectivity index (χ4n) is 5.37. The SMILES string of the molecule is CC(C)(C)OC(=O)NCCCCCCN(C=O)c1ccc2c(c1)C1(OC2=O)c2ccc(O)cc2Oc2cc(O)ccc21. The molecular weight excluding hydrogens is 540 g/mol. The summed E-state index contributed by atoms with van der Waals surface area (Å²) in [4.78, 5) is 38.7. The number of nitrogens with zero attached hydrogens (tertiary/aromatic N) is 1. The Morgan fingerprint density at radius 3 is 2.19 bits per heavy atom. The number of anilines is 1. The fourth-order valence-corrected chi connectivity index (χ4v) is 5.37. The number of hydrogen-bond donors (Lipinski definition) is 3. The second kappa shape index (κ2) is 11.3. The van der Waals surface area contributed by atoms with Crippen molar-refractivity contribution in [3.63, 3.8) is 0 Å². The van der Waals surface area contributed by atoms with Crippen LogP contribution in [0.25, 0.3) is 0 Å². The topological polar surface area (TPSA) is 135 Å². The van der Waals surface area contributed by atoms with Crippen LogP contribution in [0.5, 0.6) is 23.0 Å². The first-order chi connectivity index (χ1) is 20.0. The predicted octanol–water partition coefficient (Wildman–Crippen LogP) is 5.71. The molecule has 5 rings (SSSR count). The Balaban J connectivity index is 1.34. The average Bonchev–Trinajstić information content (AvgIpc) is 3.20. The Morgan fingerprint density at radius 1 is 0.929 bits per heavy atom. The van der Waals surface area contributed by atoms with Crippen LogP contribution < -0.4 is 15.0 Å². The standard InChI is InChI=1S/C32H34N2O8/c1-31(2,3)42-30(39)33-14-6-4-5-7-15-34(19-35)20-8-11-23-26(16-20)32(41-29(23)38)24-12-9-21(36)17-27(24)40-28-18-22(37)10-13-25(28)32/h8-13,16-19,36-37H,4-7,14-15H2,1-3H3,(H,33,39). The number of carbonyl (C=O) groups excluding carboxylic acids is 3. The van der Waals surface area contributed by atoms with Crippen LogP contribution in [0.3, 0.4) is 0 Å². The van der Waals surface area contributed by atoms with Crippen LogP contribution in [0.4, 0.5) is 10.5 Å². The van der Waals surface area contributed by atoms with Crippen LogP contribution in [0.15, 0.2) is 54.6 Å². The van der Waals surface area contributed by atoms with E-state index in [4.69, 9.17) is 14.2 Å². The van der Waals surface area contributed by atoms with E-state index in [0.717, 1.165) is 32.1 Å². The van der Waals surface area contributed by atoms with Gasteiger partial charge in [0.05, 0.1) is 5.56 Å². The molecule has 0 unspecified atom stereocenters. The van der Waals surface area contributed by atoms with E-state index in [1.54, 1.807) is 35.2 Å². The summed E-state index contributed by atoms with van der Waals surface area (Å²) in [5.74, 6) is -0.0219. The predicted molar refractivity (Wildman–Crippen MR) is 154 cm³/mol. The molecule has 0 aromatic heterocycles. The van der Waals surface area contributed by atoms with Crippen LogP contribution in [-0.2, 0) is 19.9 Å². The summed E-state index contributed by atoms with van der Waals surface area (Å²) >= 11 is 0. The van der Waals surface area contributed by atoms with E-state index >= 15 is 0 Å². The zero-order valence-corrected chi connectivity index (χ0v) is 23.8. The Morgan fingerprint density at radius 2 is 1.57 bits per heavy atom. The molecule has 10 nitrogen and oxygen atoms in total. The smallest absolute Gasteiger partial charge is 0.407 e. The van der Waals surface area contributed by atoms with Crippen LogP contribution in [0.2, 0.25) is 0 Å². The number of hydrogen-bond acceptors (Lipinski definition) is 8. The quantitative estimate of drug-likeness (QED) is 0.168. The maximum Gasteiger partial charge on any atom is 0.407 e.